The maximum Gasteiger partial charge on any atom is 0.296 e. The fraction of sp³-hybridized carbons (Fsp3) is 0.286. The minimum absolute atomic E-state index is 0.0187. The standard InChI is InChI=1S/C28H28FNO7/c1-4-5-12-37-22-11-8-17(15-23(22)35-3)25-24(26(31)18-9-10-21(34-2)20(29)14-18)27(32)28(33)30(25)16-19-7-6-13-36-19/h6-11,13-15,25,31H,4-5,12,16H2,1-3H3/t25-/m0/s1. The molecule has 0 radical (unpaired) electrons. The normalized spacial score (nSPS) is 16.8. The number of nitrogens with zero attached hydrogens (tertiary/aromatic N) is 1. The van der Waals surface area contributed by atoms with Gasteiger partial charge in [0.1, 0.15) is 11.5 Å². The number of likely N-dealkylation sites (tertiary alicyclic amines) is 1. The summed E-state index contributed by atoms with van der Waals surface area (Å²) in [5.41, 5.74) is 0.356. The van der Waals surface area contributed by atoms with Crippen molar-refractivity contribution < 1.29 is 37.7 Å². The number of hydrogen-bond acceptors (Lipinski definition) is 7. The predicted molar refractivity (Wildman–Crippen MR) is 133 cm³/mol. The number of furan rings is 1. The average Bonchev–Trinajstić information content (AvgIpc) is 3.51. The van der Waals surface area contributed by atoms with Crippen LogP contribution in [0.15, 0.2) is 64.8 Å². The van der Waals surface area contributed by atoms with Gasteiger partial charge in [0.05, 0.1) is 45.2 Å². The Balaban J connectivity index is 1.83. The van der Waals surface area contributed by atoms with Crippen molar-refractivity contribution in [2.24, 2.45) is 0 Å². The van der Waals surface area contributed by atoms with E-state index in [2.05, 4.69) is 6.92 Å². The van der Waals surface area contributed by atoms with Crippen molar-refractivity contribution in [3.05, 3.63) is 83.1 Å². The molecule has 1 atom stereocenters. The van der Waals surface area contributed by atoms with Gasteiger partial charge in [-0.05, 0) is 54.4 Å². The van der Waals surface area contributed by atoms with Crippen molar-refractivity contribution in [1.29, 1.82) is 0 Å². The van der Waals surface area contributed by atoms with Gasteiger partial charge in [-0.25, -0.2) is 4.39 Å². The van der Waals surface area contributed by atoms with Gasteiger partial charge in [0, 0.05) is 5.56 Å². The third-order valence-corrected chi connectivity index (χ3v) is 6.13. The Morgan fingerprint density at radius 1 is 1.05 bits per heavy atom. The first-order valence-electron chi connectivity index (χ1n) is 11.8. The third-order valence-electron chi connectivity index (χ3n) is 6.13. The van der Waals surface area contributed by atoms with Crippen molar-refractivity contribution in [3.8, 4) is 17.2 Å². The van der Waals surface area contributed by atoms with E-state index in [1.165, 1.54) is 37.5 Å². The summed E-state index contributed by atoms with van der Waals surface area (Å²) < 4.78 is 36.1. The predicted octanol–water partition coefficient (Wildman–Crippen LogP) is 5.24. The molecule has 4 rings (SSSR count). The van der Waals surface area contributed by atoms with Crippen LogP contribution in [-0.2, 0) is 16.1 Å². The molecule has 0 saturated carbocycles. The van der Waals surface area contributed by atoms with Gasteiger partial charge in [0.25, 0.3) is 11.7 Å². The Labute approximate surface area is 213 Å². The molecule has 0 bridgehead atoms. The number of hydrogen-bond donors (Lipinski definition) is 1. The van der Waals surface area contributed by atoms with Crippen LogP contribution >= 0.6 is 0 Å². The lowest BCUT2D eigenvalue weighted by atomic mass is 9.95. The van der Waals surface area contributed by atoms with E-state index in [-0.39, 0.29) is 23.4 Å². The van der Waals surface area contributed by atoms with Gasteiger partial charge in [0.15, 0.2) is 23.1 Å². The van der Waals surface area contributed by atoms with Crippen molar-refractivity contribution in [2.45, 2.75) is 32.4 Å². The molecule has 1 fully saturated rings. The van der Waals surface area contributed by atoms with E-state index in [0.717, 1.165) is 18.9 Å². The molecule has 8 nitrogen and oxygen atoms in total. The molecule has 1 aliphatic rings. The van der Waals surface area contributed by atoms with Gasteiger partial charge in [-0.15, -0.1) is 0 Å². The lowest BCUT2D eigenvalue weighted by molar-refractivity contribution is -0.140. The molecular weight excluding hydrogens is 481 g/mol. The van der Waals surface area contributed by atoms with Crippen molar-refractivity contribution in [2.75, 3.05) is 20.8 Å². The van der Waals surface area contributed by atoms with E-state index < -0.39 is 29.3 Å². The molecule has 1 amide bonds. The van der Waals surface area contributed by atoms with Crippen LogP contribution in [0, 0.1) is 5.82 Å². The van der Waals surface area contributed by atoms with E-state index >= 15 is 0 Å². The highest BCUT2D eigenvalue weighted by Gasteiger charge is 2.46. The third kappa shape index (κ3) is 5.16. The summed E-state index contributed by atoms with van der Waals surface area (Å²) in [4.78, 5) is 27.7. The summed E-state index contributed by atoms with van der Waals surface area (Å²) in [5, 5.41) is 11.2. The maximum absolute atomic E-state index is 14.4. The first kappa shape index (κ1) is 25.8. The molecule has 0 aliphatic carbocycles. The highest BCUT2D eigenvalue weighted by molar-refractivity contribution is 6.46. The number of aliphatic hydroxyl groups is 1. The monoisotopic (exact) mass is 509 g/mol. The number of Topliss-reactive ketones (excluding diaryl/α,β-unsaturated/α-hetero) is 1. The number of aliphatic hydroxyl groups excluding tert-OH is 1. The summed E-state index contributed by atoms with van der Waals surface area (Å²) in [6, 6.07) is 11.2. The van der Waals surface area contributed by atoms with Crippen LogP contribution in [0.5, 0.6) is 17.2 Å². The van der Waals surface area contributed by atoms with Crippen LogP contribution in [-0.4, -0.2) is 42.5 Å². The molecule has 1 saturated heterocycles. The largest absolute Gasteiger partial charge is 0.507 e. The number of carbonyl (C=O) groups is 2. The van der Waals surface area contributed by atoms with Gasteiger partial charge in [-0.1, -0.05) is 19.4 Å². The zero-order valence-electron chi connectivity index (χ0n) is 20.8. The molecule has 2 heterocycles. The Hall–Kier alpha value is -4.27. The zero-order valence-corrected chi connectivity index (χ0v) is 20.8. The number of carbonyl (C=O) groups excluding carboxylic acids is 2. The summed E-state index contributed by atoms with van der Waals surface area (Å²) >= 11 is 0. The van der Waals surface area contributed by atoms with E-state index in [0.29, 0.717) is 29.4 Å². The number of methoxy groups -OCH3 is 2. The van der Waals surface area contributed by atoms with E-state index in [4.69, 9.17) is 18.6 Å². The van der Waals surface area contributed by atoms with E-state index in [9.17, 15) is 19.1 Å². The lowest BCUT2D eigenvalue weighted by Gasteiger charge is -2.25. The fourth-order valence-corrected chi connectivity index (χ4v) is 4.23. The molecule has 1 aliphatic heterocycles. The molecule has 9 heteroatoms. The molecule has 0 spiro atoms. The van der Waals surface area contributed by atoms with Crippen LogP contribution in [0.1, 0.15) is 42.7 Å². The van der Waals surface area contributed by atoms with Gasteiger partial charge < -0.3 is 28.6 Å². The molecule has 0 unspecified atom stereocenters. The molecule has 1 aromatic heterocycles. The number of rotatable bonds is 10. The molecule has 194 valence electrons. The van der Waals surface area contributed by atoms with Crippen LogP contribution in [0.4, 0.5) is 4.39 Å². The van der Waals surface area contributed by atoms with Crippen molar-refractivity contribution >= 4 is 17.4 Å². The first-order chi connectivity index (χ1) is 17.9. The Morgan fingerprint density at radius 3 is 2.46 bits per heavy atom. The number of halogens is 1. The van der Waals surface area contributed by atoms with Crippen molar-refractivity contribution in [1.82, 2.24) is 4.90 Å². The number of amides is 1. The highest BCUT2D eigenvalue weighted by atomic mass is 19.1. The SMILES string of the molecule is CCCCOc1ccc([C@H]2C(=C(O)c3ccc(OC)c(F)c3)C(=O)C(=O)N2Cc2ccco2)cc1OC. The average molecular weight is 510 g/mol. The number of benzene rings is 2. The Kier molecular flexibility index (Phi) is 7.81. The second-order valence-electron chi connectivity index (χ2n) is 8.47. The van der Waals surface area contributed by atoms with Crippen LogP contribution in [0.3, 0.4) is 0 Å². The second-order valence-corrected chi connectivity index (χ2v) is 8.47. The van der Waals surface area contributed by atoms with E-state index in [1.54, 1.807) is 30.3 Å². The van der Waals surface area contributed by atoms with Gasteiger partial charge in [-0.2, -0.15) is 0 Å². The highest BCUT2D eigenvalue weighted by Crippen LogP contribution is 2.43. The quantitative estimate of drug-likeness (QED) is 0.173. The first-order valence-corrected chi connectivity index (χ1v) is 11.8. The minimum Gasteiger partial charge on any atom is -0.507 e. The summed E-state index contributed by atoms with van der Waals surface area (Å²) in [7, 11) is 2.81. The summed E-state index contributed by atoms with van der Waals surface area (Å²) in [6.45, 7) is 2.54. The summed E-state index contributed by atoms with van der Waals surface area (Å²) in [6.07, 6.45) is 3.30. The van der Waals surface area contributed by atoms with Crippen LogP contribution < -0.4 is 14.2 Å². The fourth-order valence-electron chi connectivity index (χ4n) is 4.23. The zero-order chi connectivity index (χ0) is 26.5. The molecule has 1 N–H and O–H groups in total. The number of ketones is 1. The minimum atomic E-state index is -0.992. The molecule has 2 aromatic carbocycles. The van der Waals surface area contributed by atoms with E-state index in [1.807, 2.05) is 0 Å². The van der Waals surface area contributed by atoms with Crippen LogP contribution in [0.25, 0.3) is 5.76 Å². The maximum atomic E-state index is 14.4. The summed E-state index contributed by atoms with van der Waals surface area (Å²) in [5.74, 6) is -1.58. The smallest absolute Gasteiger partial charge is 0.296 e. The van der Waals surface area contributed by atoms with Gasteiger partial charge in [-0.3, -0.25) is 9.59 Å². The topological polar surface area (TPSA) is 98.4 Å². The molecule has 37 heavy (non-hydrogen) atoms. The lowest BCUT2D eigenvalue weighted by Crippen LogP contribution is -2.29. The molecule has 3 aromatic rings. The number of ether oxygens (including phenoxy) is 3. The number of unbranched alkanes of at least 4 members (excludes halogenated alkanes) is 1. The second kappa shape index (κ2) is 11.2. The van der Waals surface area contributed by atoms with Crippen molar-refractivity contribution in [3.63, 3.8) is 0 Å². The van der Waals surface area contributed by atoms with Gasteiger partial charge >= 0.3 is 0 Å². The van der Waals surface area contributed by atoms with Crippen LogP contribution in [0.2, 0.25) is 0 Å². The van der Waals surface area contributed by atoms with Gasteiger partial charge in [0.2, 0.25) is 0 Å². The Bertz CT molecular complexity index is 1320. The molecular formula is C28H28FNO7. The Morgan fingerprint density at radius 2 is 1.81 bits per heavy atom.